The summed E-state index contributed by atoms with van der Waals surface area (Å²) in [6.45, 7) is 2.14. The van der Waals surface area contributed by atoms with Gasteiger partial charge < -0.3 is 10.3 Å². The van der Waals surface area contributed by atoms with E-state index in [0.717, 1.165) is 17.5 Å². The summed E-state index contributed by atoms with van der Waals surface area (Å²) in [6, 6.07) is 4.83. The summed E-state index contributed by atoms with van der Waals surface area (Å²) < 4.78 is 41.1. The fourth-order valence-electron chi connectivity index (χ4n) is 3.61. The van der Waals surface area contributed by atoms with Crippen LogP contribution in [0.15, 0.2) is 41.9 Å². The zero-order valence-corrected chi connectivity index (χ0v) is 16.3. The topological polar surface area (TPSA) is 65.4 Å². The Kier molecular flexibility index (Phi) is 4.70. The lowest BCUT2D eigenvalue weighted by atomic mass is 10.0. The fraction of sp³-hybridized carbons (Fsp3) is 0.333. The Morgan fingerprint density at radius 1 is 1.31 bits per heavy atom. The van der Waals surface area contributed by atoms with E-state index >= 15 is 0 Å². The van der Waals surface area contributed by atoms with Crippen molar-refractivity contribution in [3.63, 3.8) is 0 Å². The number of nitrogens with one attached hydrogen (secondary N) is 2. The first-order valence-corrected chi connectivity index (χ1v) is 9.27. The molecule has 0 spiro atoms. The van der Waals surface area contributed by atoms with Crippen molar-refractivity contribution < 1.29 is 18.0 Å². The lowest BCUT2D eigenvalue weighted by Gasteiger charge is -2.35. The number of nitrogens with zero attached hydrogens (tertiary/aromatic N) is 4. The molecular formula is C18H18ClF3N6O. The summed E-state index contributed by atoms with van der Waals surface area (Å²) in [5.41, 5.74) is 6.58. The third kappa shape index (κ3) is 3.32. The summed E-state index contributed by atoms with van der Waals surface area (Å²) in [5, 5.41) is 5.57. The highest BCUT2D eigenvalue weighted by molar-refractivity contribution is 6.34. The lowest BCUT2D eigenvalue weighted by molar-refractivity contribution is -0.137. The first-order chi connectivity index (χ1) is 13.7. The van der Waals surface area contributed by atoms with Crippen molar-refractivity contribution >= 4 is 23.3 Å². The molecule has 2 N–H and O–H groups in total. The molecule has 2 aliphatic heterocycles. The standard InChI is InChI=1S/C18H18ClF3N6O/c1-10-16-13(28(25-23-16)14-7-8-26(2)24-14)6-9-27(10)17(29)11-4-3-5-12(15(11)19)18(20,21)22/h3-5,7-8,10,23,25H,6,9H2,1-2H3. The van der Waals surface area contributed by atoms with Gasteiger partial charge in [-0.25, -0.2) is 5.01 Å². The second kappa shape index (κ2) is 6.96. The zero-order chi connectivity index (χ0) is 20.9. The first-order valence-electron chi connectivity index (χ1n) is 8.89. The highest BCUT2D eigenvalue weighted by Crippen LogP contribution is 2.37. The largest absolute Gasteiger partial charge is 0.417 e. The maximum Gasteiger partial charge on any atom is 0.417 e. The average molecular weight is 427 g/mol. The summed E-state index contributed by atoms with van der Waals surface area (Å²) in [7, 11) is 1.81. The molecule has 0 radical (unpaired) electrons. The van der Waals surface area contributed by atoms with Crippen LogP contribution in [0.4, 0.5) is 19.0 Å². The molecule has 0 saturated heterocycles. The molecule has 4 rings (SSSR count). The Morgan fingerprint density at radius 3 is 2.72 bits per heavy atom. The number of hydrogen-bond donors (Lipinski definition) is 2. The van der Waals surface area contributed by atoms with Crippen molar-refractivity contribution in [2.24, 2.45) is 7.05 Å². The van der Waals surface area contributed by atoms with Gasteiger partial charge in [0.25, 0.3) is 5.91 Å². The Labute approximate surface area is 169 Å². The van der Waals surface area contributed by atoms with Gasteiger partial charge in [0, 0.05) is 32.3 Å². The van der Waals surface area contributed by atoms with Crippen LogP contribution in [0.5, 0.6) is 0 Å². The molecule has 0 bridgehead atoms. The van der Waals surface area contributed by atoms with Crippen LogP contribution in [0.2, 0.25) is 5.02 Å². The van der Waals surface area contributed by atoms with Crippen molar-refractivity contribution in [2.45, 2.75) is 25.6 Å². The average Bonchev–Trinajstić information content (AvgIpc) is 3.27. The second-order valence-electron chi connectivity index (χ2n) is 6.87. The van der Waals surface area contributed by atoms with E-state index in [1.807, 2.05) is 26.2 Å². The molecule has 3 heterocycles. The van der Waals surface area contributed by atoms with Crippen molar-refractivity contribution in [3.05, 3.63) is 58.0 Å². The summed E-state index contributed by atoms with van der Waals surface area (Å²) >= 11 is 5.95. The summed E-state index contributed by atoms with van der Waals surface area (Å²) in [4.78, 5) is 14.5. The molecular weight excluding hydrogens is 409 g/mol. The zero-order valence-electron chi connectivity index (χ0n) is 15.6. The van der Waals surface area contributed by atoms with E-state index in [-0.39, 0.29) is 5.56 Å². The molecule has 154 valence electrons. The van der Waals surface area contributed by atoms with Gasteiger partial charge in [0.2, 0.25) is 0 Å². The molecule has 0 fully saturated rings. The van der Waals surface area contributed by atoms with Gasteiger partial charge in [-0.15, -0.1) is 5.53 Å². The quantitative estimate of drug-likeness (QED) is 0.772. The van der Waals surface area contributed by atoms with Crippen LogP contribution in [-0.4, -0.2) is 33.2 Å². The molecule has 7 nitrogen and oxygen atoms in total. The number of hydrogen-bond acceptors (Lipinski definition) is 5. The van der Waals surface area contributed by atoms with Gasteiger partial charge in [-0.1, -0.05) is 17.7 Å². The molecule has 2 aliphatic rings. The van der Waals surface area contributed by atoms with Crippen LogP contribution in [0.1, 0.15) is 29.3 Å². The van der Waals surface area contributed by atoms with E-state index < -0.39 is 28.7 Å². The van der Waals surface area contributed by atoms with Crippen LogP contribution in [0.3, 0.4) is 0 Å². The molecule has 0 saturated carbocycles. The smallest absolute Gasteiger partial charge is 0.330 e. The van der Waals surface area contributed by atoms with E-state index in [4.69, 9.17) is 11.6 Å². The maximum atomic E-state index is 13.1. The minimum atomic E-state index is -4.63. The number of halogens is 4. The van der Waals surface area contributed by atoms with Crippen molar-refractivity contribution in [2.75, 3.05) is 11.6 Å². The number of carbonyl (C=O) groups excluding carboxylic acids is 1. The minimum Gasteiger partial charge on any atom is -0.330 e. The van der Waals surface area contributed by atoms with E-state index in [1.165, 1.54) is 17.0 Å². The third-order valence-corrected chi connectivity index (χ3v) is 5.49. The Morgan fingerprint density at radius 2 is 2.07 bits per heavy atom. The van der Waals surface area contributed by atoms with Crippen LogP contribution >= 0.6 is 11.6 Å². The van der Waals surface area contributed by atoms with Crippen molar-refractivity contribution in [1.29, 1.82) is 0 Å². The molecule has 1 atom stereocenters. The van der Waals surface area contributed by atoms with Crippen LogP contribution in [0.25, 0.3) is 0 Å². The molecule has 29 heavy (non-hydrogen) atoms. The third-order valence-electron chi connectivity index (χ3n) is 5.08. The van der Waals surface area contributed by atoms with E-state index in [2.05, 4.69) is 16.1 Å². The number of carbonyl (C=O) groups is 1. The van der Waals surface area contributed by atoms with Gasteiger partial charge in [-0.05, 0) is 19.1 Å². The Hall–Kier alpha value is -2.72. The maximum absolute atomic E-state index is 13.1. The number of amides is 1. The van der Waals surface area contributed by atoms with E-state index in [0.29, 0.717) is 18.8 Å². The summed E-state index contributed by atoms with van der Waals surface area (Å²) in [6.07, 6.45) is -2.32. The number of hydrazine groups is 2. The molecule has 1 aromatic carbocycles. The van der Waals surface area contributed by atoms with Gasteiger partial charge in [0.1, 0.15) is 0 Å². The highest BCUT2D eigenvalue weighted by atomic mass is 35.5. The number of benzene rings is 1. The molecule has 0 aliphatic carbocycles. The predicted molar refractivity (Wildman–Crippen MR) is 101 cm³/mol. The monoisotopic (exact) mass is 426 g/mol. The van der Waals surface area contributed by atoms with Gasteiger partial charge >= 0.3 is 6.18 Å². The number of aromatic nitrogens is 2. The van der Waals surface area contributed by atoms with Gasteiger partial charge in [-0.3, -0.25) is 9.48 Å². The number of aryl methyl sites for hydroxylation is 1. The Balaban J connectivity index is 1.62. The van der Waals surface area contributed by atoms with Gasteiger partial charge in [0.15, 0.2) is 5.82 Å². The molecule has 1 aromatic heterocycles. The summed E-state index contributed by atoms with van der Waals surface area (Å²) in [5.74, 6) is 0.149. The lowest BCUT2D eigenvalue weighted by Crippen LogP contribution is -2.46. The Bertz CT molecular complexity index is 1000. The second-order valence-corrected chi connectivity index (χ2v) is 7.25. The number of alkyl halides is 3. The normalized spacial score (nSPS) is 19.4. The van der Waals surface area contributed by atoms with Crippen LogP contribution in [-0.2, 0) is 13.2 Å². The number of rotatable bonds is 2. The minimum absolute atomic E-state index is 0.162. The van der Waals surface area contributed by atoms with Crippen molar-refractivity contribution in [1.82, 2.24) is 25.6 Å². The van der Waals surface area contributed by atoms with E-state index in [1.54, 1.807) is 9.69 Å². The van der Waals surface area contributed by atoms with Gasteiger partial charge in [-0.2, -0.15) is 18.3 Å². The molecule has 2 aromatic rings. The predicted octanol–water partition coefficient (Wildman–Crippen LogP) is 3.07. The first kappa shape index (κ1) is 19.6. The molecule has 11 heteroatoms. The molecule has 1 amide bonds. The van der Waals surface area contributed by atoms with Crippen molar-refractivity contribution in [3.8, 4) is 0 Å². The van der Waals surface area contributed by atoms with Crippen LogP contribution < -0.4 is 16.0 Å². The SMILES string of the molecule is CC1C2=C(CCN1C(=O)c1cccc(C(F)(F)F)c1Cl)N(c1ccn(C)n1)NN2. The number of anilines is 1. The fourth-order valence-corrected chi connectivity index (χ4v) is 3.92. The van der Waals surface area contributed by atoms with Crippen LogP contribution in [0, 0.1) is 0 Å². The molecule has 1 unspecified atom stereocenters. The van der Waals surface area contributed by atoms with E-state index in [9.17, 15) is 18.0 Å². The highest BCUT2D eigenvalue weighted by Gasteiger charge is 2.39. The van der Waals surface area contributed by atoms with Gasteiger partial charge in [0.05, 0.1) is 33.6 Å².